The van der Waals surface area contributed by atoms with Crippen molar-refractivity contribution in [2.75, 3.05) is 5.32 Å². The first-order chi connectivity index (χ1) is 16.1. The number of ether oxygens (including phenoxy) is 2. The number of carbonyl (C=O) groups is 1. The number of nitrogens with zero attached hydrogens (tertiary/aromatic N) is 2. The van der Waals surface area contributed by atoms with E-state index in [0.29, 0.717) is 51.9 Å². The number of carboxylic acid groups (broad SMARTS) is 1. The lowest BCUT2D eigenvalue weighted by atomic mass is 10.2. The van der Waals surface area contributed by atoms with E-state index in [1.54, 1.807) is 24.4 Å². The molecule has 0 aliphatic rings. The van der Waals surface area contributed by atoms with Crippen LogP contribution >= 0.6 is 22.9 Å². The molecule has 0 saturated carbocycles. The molecule has 0 fully saturated rings. The zero-order valence-corrected chi connectivity index (χ0v) is 19.0. The van der Waals surface area contributed by atoms with Crippen molar-refractivity contribution in [2.24, 2.45) is 0 Å². The Bertz CT molecular complexity index is 1230. The number of pyridine rings is 1. The van der Waals surface area contributed by atoms with Crippen LogP contribution in [-0.4, -0.2) is 21.0 Å². The van der Waals surface area contributed by atoms with Crippen LogP contribution in [0.2, 0.25) is 5.02 Å². The van der Waals surface area contributed by atoms with Crippen molar-refractivity contribution in [3.63, 3.8) is 0 Å². The molecule has 2 heterocycles. The van der Waals surface area contributed by atoms with Gasteiger partial charge in [-0.3, -0.25) is 4.79 Å². The molecule has 0 aliphatic carbocycles. The van der Waals surface area contributed by atoms with Gasteiger partial charge in [0, 0.05) is 17.9 Å². The first-order valence-corrected chi connectivity index (χ1v) is 11.3. The number of thiazole rings is 1. The van der Waals surface area contributed by atoms with Gasteiger partial charge in [0.15, 0.2) is 16.7 Å². The number of anilines is 2. The average Bonchev–Trinajstić information content (AvgIpc) is 3.27. The lowest BCUT2D eigenvalue weighted by Gasteiger charge is -2.14. The van der Waals surface area contributed by atoms with E-state index in [2.05, 4.69) is 15.3 Å². The van der Waals surface area contributed by atoms with E-state index in [1.807, 2.05) is 47.8 Å². The van der Waals surface area contributed by atoms with Crippen molar-refractivity contribution in [3.05, 3.63) is 88.5 Å². The minimum Gasteiger partial charge on any atom is -0.485 e. The van der Waals surface area contributed by atoms with Crippen molar-refractivity contribution in [1.29, 1.82) is 0 Å². The number of rotatable bonds is 10. The molecular weight excluding hydrogens is 462 g/mol. The predicted molar refractivity (Wildman–Crippen MR) is 128 cm³/mol. The molecule has 2 aromatic carbocycles. The summed E-state index contributed by atoms with van der Waals surface area (Å²) in [5, 5.41) is 14.9. The van der Waals surface area contributed by atoms with Crippen LogP contribution in [0, 0.1) is 0 Å². The van der Waals surface area contributed by atoms with E-state index in [1.165, 1.54) is 11.3 Å². The van der Waals surface area contributed by atoms with Crippen LogP contribution in [0.1, 0.15) is 17.7 Å². The Morgan fingerprint density at radius 2 is 1.88 bits per heavy atom. The van der Waals surface area contributed by atoms with Gasteiger partial charge >= 0.3 is 5.97 Å². The minimum absolute atomic E-state index is 0.0287. The van der Waals surface area contributed by atoms with Gasteiger partial charge in [0.05, 0.1) is 23.3 Å². The molecule has 168 valence electrons. The summed E-state index contributed by atoms with van der Waals surface area (Å²) in [6, 6.07) is 18.7. The van der Waals surface area contributed by atoms with E-state index in [4.69, 9.17) is 26.2 Å². The monoisotopic (exact) mass is 481 g/mol. The maximum absolute atomic E-state index is 10.8. The molecular formula is C24H20ClN3O4S. The summed E-state index contributed by atoms with van der Waals surface area (Å²) in [7, 11) is 0. The molecule has 2 aromatic heterocycles. The van der Waals surface area contributed by atoms with Gasteiger partial charge < -0.3 is 19.9 Å². The third kappa shape index (κ3) is 6.44. The Morgan fingerprint density at radius 3 is 2.67 bits per heavy atom. The third-order valence-corrected chi connectivity index (χ3v) is 5.62. The molecule has 33 heavy (non-hydrogen) atoms. The maximum atomic E-state index is 10.8. The number of aliphatic carboxylic acids is 1. The number of benzene rings is 2. The highest BCUT2D eigenvalue weighted by atomic mass is 35.5. The molecule has 0 bridgehead atoms. The molecule has 4 aromatic rings. The van der Waals surface area contributed by atoms with Crippen molar-refractivity contribution < 1.29 is 19.4 Å². The first-order valence-electron chi connectivity index (χ1n) is 10.1. The van der Waals surface area contributed by atoms with E-state index in [0.717, 1.165) is 5.56 Å². The second-order valence-corrected chi connectivity index (χ2v) is 8.25. The molecule has 0 amide bonds. The summed E-state index contributed by atoms with van der Waals surface area (Å²) in [5.41, 5.74) is 1.71. The van der Waals surface area contributed by atoms with Crippen LogP contribution in [0.15, 0.2) is 72.2 Å². The first kappa shape index (κ1) is 22.6. The zero-order valence-electron chi connectivity index (χ0n) is 17.4. The van der Waals surface area contributed by atoms with Gasteiger partial charge in [0.1, 0.15) is 18.1 Å². The molecule has 0 radical (unpaired) electrons. The summed E-state index contributed by atoms with van der Waals surface area (Å²) >= 11 is 7.58. The molecule has 4 rings (SSSR count). The summed E-state index contributed by atoms with van der Waals surface area (Å²) in [5.74, 6) is 1.07. The molecule has 2 N–H and O–H groups in total. The second-order valence-electron chi connectivity index (χ2n) is 6.99. The predicted octanol–water partition coefficient (Wildman–Crippen LogP) is 6.32. The van der Waals surface area contributed by atoms with Gasteiger partial charge in [-0.15, -0.1) is 11.3 Å². The van der Waals surface area contributed by atoms with Gasteiger partial charge in [-0.1, -0.05) is 54.1 Å². The topological polar surface area (TPSA) is 93.6 Å². The quantitative estimate of drug-likeness (QED) is 0.273. The molecule has 0 saturated heterocycles. The molecule has 0 aliphatic heterocycles. The summed E-state index contributed by atoms with van der Waals surface area (Å²) in [6.45, 7) is 0.342. The number of para-hydroxylation sites is 1. The Hall–Kier alpha value is -3.62. The number of hydrogen-bond acceptors (Lipinski definition) is 7. The van der Waals surface area contributed by atoms with Crippen LogP contribution in [0.25, 0.3) is 0 Å². The molecule has 0 atom stereocenters. The number of halogens is 1. The number of aromatic nitrogens is 2. The Morgan fingerprint density at radius 1 is 1.09 bits per heavy atom. The minimum atomic E-state index is -0.857. The fourth-order valence-electron chi connectivity index (χ4n) is 2.89. The summed E-state index contributed by atoms with van der Waals surface area (Å²) < 4.78 is 11.9. The van der Waals surface area contributed by atoms with Crippen LogP contribution in [-0.2, 0) is 17.8 Å². The molecule has 0 spiro atoms. The van der Waals surface area contributed by atoms with Gasteiger partial charge in [-0.25, -0.2) is 9.97 Å². The highest BCUT2D eigenvalue weighted by Gasteiger charge is 2.13. The Labute approximate surface area is 199 Å². The van der Waals surface area contributed by atoms with E-state index < -0.39 is 5.97 Å². The van der Waals surface area contributed by atoms with Crippen LogP contribution in [0.5, 0.6) is 17.2 Å². The fourth-order valence-corrected chi connectivity index (χ4v) is 3.81. The lowest BCUT2D eigenvalue weighted by Crippen LogP contribution is -2.02. The van der Waals surface area contributed by atoms with E-state index >= 15 is 0 Å². The average molecular weight is 482 g/mol. The maximum Gasteiger partial charge on any atom is 0.303 e. The Kier molecular flexibility index (Phi) is 7.39. The SMILES string of the molecule is O=C(O)CCc1csc(Nc2ncc(Oc3ccccc3Cl)cc2OCc2ccccc2)n1. The van der Waals surface area contributed by atoms with E-state index in [9.17, 15) is 4.79 Å². The van der Waals surface area contributed by atoms with Crippen molar-refractivity contribution >= 4 is 39.9 Å². The number of hydrogen-bond donors (Lipinski definition) is 2. The van der Waals surface area contributed by atoms with E-state index in [-0.39, 0.29) is 6.42 Å². The number of aryl methyl sites for hydroxylation is 1. The number of nitrogens with one attached hydrogen (secondary N) is 1. The number of carboxylic acids is 1. The van der Waals surface area contributed by atoms with Crippen molar-refractivity contribution in [2.45, 2.75) is 19.4 Å². The van der Waals surface area contributed by atoms with Gasteiger partial charge in [0.25, 0.3) is 0 Å². The highest BCUT2D eigenvalue weighted by Crippen LogP contribution is 2.35. The molecule has 7 nitrogen and oxygen atoms in total. The molecule has 9 heteroatoms. The zero-order chi connectivity index (χ0) is 23.0. The third-order valence-electron chi connectivity index (χ3n) is 4.50. The van der Waals surface area contributed by atoms with Crippen LogP contribution in [0.3, 0.4) is 0 Å². The van der Waals surface area contributed by atoms with Crippen molar-refractivity contribution in [1.82, 2.24) is 9.97 Å². The van der Waals surface area contributed by atoms with Gasteiger partial charge in [-0.2, -0.15) is 0 Å². The second kappa shape index (κ2) is 10.8. The van der Waals surface area contributed by atoms with Gasteiger partial charge in [-0.05, 0) is 17.7 Å². The van der Waals surface area contributed by atoms with Crippen LogP contribution < -0.4 is 14.8 Å². The molecule has 0 unspecified atom stereocenters. The van der Waals surface area contributed by atoms with Crippen molar-refractivity contribution in [3.8, 4) is 17.2 Å². The smallest absolute Gasteiger partial charge is 0.303 e. The lowest BCUT2D eigenvalue weighted by molar-refractivity contribution is -0.136. The normalized spacial score (nSPS) is 10.6. The fraction of sp³-hybridized carbons (Fsp3) is 0.125. The van der Waals surface area contributed by atoms with Gasteiger partial charge in [0.2, 0.25) is 0 Å². The van der Waals surface area contributed by atoms with Crippen LogP contribution in [0.4, 0.5) is 10.9 Å². The largest absolute Gasteiger partial charge is 0.485 e. The summed E-state index contributed by atoms with van der Waals surface area (Å²) in [4.78, 5) is 19.7. The standard InChI is InChI=1S/C24H20ClN3O4S/c25-19-8-4-5-9-20(19)32-18-12-21(31-14-16-6-2-1-3-7-16)23(26-13-18)28-24-27-17(15-33-24)10-11-22(29)30/h1-9,12-13,15H,10-11,14H2,(H,29,30)(H,26,27,28). The Balaban J connectivity index is 1.55. The highest BCUT2D eigenvalue weighted by molar-refractivity contribution is 7.13. The summed E-state index contributed by atoms with van der Waals surface area (Å²) in [6.07, 6.45) is 1.96.